The first kappa shape index (κ1) is 21.3. The minimum atomic E-state index is -0.983. The maximum Gasteiger partial charge on any atom is 0.407 e. The number of aliphatic carboxylic acids is 1. The molecule has 32 heavy (non-hydrogen) atoms. The molecule has 3 aromatic carbocycles. The molecule has 1 aliphatic rings. The second kappa shape index (κ2) is 9.47. The lowest BCUT2D eigenvalue weighted by atomic mass is 9.98. The lowest BCUT2D eigenvalue weighted by Crippen LogP contribution is -2.26. The molecule has 3 aromatic rings. The molecular weight excluding hydrogens is 409 g/mol. The van der Waals surface area contributed by atoms with Crippen LogP contribution in [0.5, 0.6) is 0 Å². The van der Waals surface area contributed by atoms with E-state index in [1.54, 1.807) is 6.08 Å². The summed E-state index contributed by atoms with van der Waals surface area (Å²) in [5, 5.41) is 11.5. The van der Waals surface area contributed by atoms with Crippen LogP contribution in [0.4, 0.5) is 9.18 Å². The summed E-state index contributed by atoms with van der Waals surface area (Å²) in [5.74, 6) is -1.46. The predicted molar refractivity (Wildman–Crippen MR) is 120 cm³/mol. The molecular formula is C26H22FNO4. The van der Waals surface area contributed by atoms with Crippen molar-refractivity contribution in [2.75, 3.05) is 13.2 Å². The number of fused-ring (bicyclic) bond motifs is 3. The van der Waals surface area contributed by atoms with Crippen LogP contribution in [0.2, 0.25) is 0 Å². The summed E-state index contributed by atoms with van der Waals surface area (Å²) in [6.45, 7) is 0.370. The topological polar surface area (TPSA) is 75.6 Å². The zero-order valence-electron chi connectivity index (χ0n) is 17.3. The Morgan fingerprint density at radius 2 is 1.66 bits per heavy atom. The Labute approximate surface area is 185 Å². The number of rotatable bonds is 7. The van der Waals surface area contributed by atoms with Gasteiger partial charge in [0.25, 0.3) is 0 Å². The van der Waals surface area contributed by atoms with Gasteiger partial charge in [-0.3, -0.25) is 4.79 Å². The predicted octanol–water partition coefficient (Wildman–Crippen LogP) is 5.00. The third kappa shape index (κ3) is 4.70. The average Bonchev–Trinajstić information content (AvgIpc) is 3.11. The van der Waals surface area contributed by atoms with Crippen LogP contribution in [0.25, 0.3) is 17.2 Å². The highest BCUT2D eigenvalue weighted by molar-refractivity contribution is 5.79. The van der Waals surface area contributed by atoms with E-state index in [0.717, 1.165) is 22.3 Å². The van der Waals surface area contributed by atoms with E-state index in [1.165, 1.54) is 24.3 Å². The zero-order chi connectivity index (χ0) is 22.5. The molecule has 162 valence electrons. The first-order valence-electron chi connectivity index (χ1n) is 10.3. The van der Waals surface area contributed by atoms with Gasteiger partial charge in [-0.05, 0) is 39.9 Å². The molecule has 0 unspecified atom stereocenters. The Morgan fingerprint density at radius 1 is 1.00 bits per heavy atom. The van der Waals surface area contributed by atoms with Crippen molar-refractivity contribution in [1.29, 1.82) is 0 Å². The number of carbonyl (C=O) groups is 2. The molecule has 0 heterocycles. The Bertz CT molecular complexity index is 1140. The molecule has 1 aliphatic carbocycles. The highest BCUT2D eigenvalue weighted by Crippen LogP contribution is 2.44. The summed E-state index contributed by atoms with van der Waals surface area (Å²) in [6, 6.07) is 20.4. The molecule has 0 saturated carbocycles. The maximum absolute atomic E-state index is 13.9. The van der Waals surface area contributed by atoms with Crippen LogP contribution in [0, 0.1) is 5.82 Å². The largest absolute Gasteiger partial charge is 0.481 e. The Balaban J connectivity index is 1.32. The number of amides is 1. The zero-order valence-corrected chi connectivity index (χ0v) is 17.3. The summed E-state index contributed by atoms with van der Waals surface area (Å²) in [7, 11) is 0. The minimum Gasteiger partial charge on any atom is -0.481 e. The van der Waals surface area contributed by atoms with Gasteiger partial charge >= 0.3 is 12.1 Å². The van der Waals surface area contributed by atoms with Gasteiger partial charge in [0.2, 0.25) is 0 Å². The number of carbonyl (C=O) groups excluding carboxylic acids is 1. The number of carboxylic acid groups (broad SMARTS) is 1. The van der Waals surface area contributed by atoms with E-state index in [1.807, 2.05) is 24.3 Å². The summed E-state index contributed by atoms with van der Waals surface area (Å²) >= 11 is 0. The molecule has 0 bridgehead atoms. The Morgan fingerprint density at radius 3 is 2.31 bits per heavy atom. The van der Waals surface area contributed by atoms with Gasteiger partial charge in [-0.2, -0.15) is 0 Å². The van der Waals surface area contributed by atoms with E-state index in [2.05, 4.69) is 29.6 Å². The third-order valence-electron chi connectivity index (χ3n) is 5.42. The molecule has 0 aliphatic heterocycles. The summed E-state index contributed by atoms with van der Waals surface area (Å²) < 4.78 is 19.4. The molecule has 0 aromatic heterocycles. The lowest BCUT2D eigenvalue weighted by Gasteiger charge is -2.14. The van der Waals surface area contributed by atoms with Crippen molar-refractivity contribution in [3.05, 3.63) is 101 Å². The van der Waals surface area contributed by atoms with Crippen molar-refractivity contribution >= 4 is 18.1 Å². The van der Waals surface area contributed by atoms with Crippen LogP contribution in [-0.4, -0.2) is 30.3 Å². The van der Waals surface area contributed by atoms with Gasteiger partial charge < -0.3 is 15.2 Å². The van der Waals surface area contributed by atoms with Crippen molar-refractivity contribution in [2.45, 2.75) is 12.3 Å². The highest BCUT2D eigenvalue weighted by Gasteiger charge is 2.28. The maximum atomic E-state index is 13.9. The summed E-state index contributed by atoms with van der Waals surface area (Å²) in [5.41, 5.74) is 5.36. The molecule has 0 saturated heterocycles. The Kier molecular flexibility index (Phi) is 6.31. The number of nitrogens with one attached hydrogen (secondary N) is 1. The standard InChI is InChI=1S/C26H22FNO4/c27-24-12-11-17(15-25(29)30)14-18(24)6-5-13-28-26(31)32-16-23-21-9-3-1-7-19(21)20-8-2-4-10-22(20)23/h1-12,14,23H,13,15-16H2,(H,28,31)(H,29,30). The van der Waals surface area contributed by atoms with Crippen LogP contribution in [-0.2, 0) is 16.0 Å². The molecule has 1 amide bonds. The fraction of sp³-hybridized carbons (Fsp3) is 0.154. The number of benzene rings is 3. The minimum absolute atomic E-state index is 0.0187. The van der Waals surface area contributed by atoms with Crippen LogP contribution in [0.15, 0.2) is 72.8 Å². The van der Waals surface area contributed by atoms with Crippen molar-refractivity contribution in [3.63, 3.8) is 0 Å². The van der Waals surface area contributed by atoms with Crippen LogP contribution >= 0.6 is 0 Å². The number of carboxylic acids is 1. The van der Waals surface area contributed by atoms with E-state index in [0.29, 0.717) is 5.56 Å². The molecule has 2 N–H and O–H groups in total. The summed E-state index contributed by atoms with van der Waals surface area (Å²) in [4.78, 5) is 23.0. The second-order valence-corrected chi connectivity index (χ2v) is 7.54. The smallest absolute Gasteiger partial charge is 0.407 e. The van der Waals surface area contributed by atoms with Gasteiger partial charge in [-0.25, -0.2) is 9.18 Å². The van der Waals surface area contributed by atoms with Crippen molar-refractivity contribution in [1.82, 2.24) is 5.32 Å². The first-order valence-corrected chi connectivity index (χ1v) is 10.3. The average molecular weight is 431 g/mol. The summed E-state index contributed by atoms with van der Waals surface area (Å²) in [6.07, 6.45) is 2.35. The van der Waals surface area contributed by atoms with E-state index in [4.69, 9.17) is 9.84 Å². The van der Waals surface area contributed by atoms with Gasteiger partial charge in [0.1, 0.15) is 12.4 Å². The van der Waals surface area contributed by atoms with Gasteiger partial charge in [-0.15, -0.1) is 0 Å². The number of hydrogen-bond acceptors (Lipinski definition) is 3. The van der Waals surface area contributed by atoms with E-state index >= 15 is 0 Å². The van der Waals surface area contributed by atoms with Gasteiger partial charge in [0, 0.05) is 18.0 Å². The van der Waals surface area contributed by atoms with E-state index in [9.17, 15) is 14.0 Å². The van der Waals surface area contributed by atoms with Crippen molar-refractivity contribution < 1.29 is 23.8 Å². The number of ether oxygens (including phenoxy) is 1. The van der Waals surface area contributed by atoms with Crippen LogP contribution in [0.1, 0.15) is 28.2 Å². The Hall–Kier alpha value is -3.93. The highest BCUT2D eigenvalue weighted by atomic mass is 19.1. The van der Waals surface area contributed by atoms with E-state index < -0.39 is 17.9 Å². The molecule has 0 fully saturated rings. The van der Waals surface area contributed by atoms with Gasteiger partial charge in [-0.1, -0.05) is 66.7 Å². The third-order valence-corrected chi connectivity index (χ3v) is 5.42. The first-order chi connectivity index (χ1) is 15.5. The lowest BCUT2D eigenvalue weighted by molar-refractivity contribution is -0.136. The monoisotopic (exact) mass is 431 g/mol. The van der Waals surface area contributed by atoms with Gasteiger partial charge in [0.05, 0.1) is 6.42 Å². The molecule has 0 radical (unpaired) electrons. The number of alkyl carbamates (subject to hydrolysis) is 1. The molecule has 5 nitrogen and oxygen atoms in total. The van der Waals surface area contributed by atoms with Crippen molar-refractivity contribution in [3.8, 4) is 11.1 Å². The molecule has 6 heteroatoms. The fourth-order valence-corrected chi connectivity index (χ4v) is 3.98. The molecule has 4 rings (SSSR count). The van der Waals surface area contributed by atoms with Crippen molar-refractivity contribution in [2.24, 2.45) is 0 Å². The number of halogens is 1. The molecule has 0 spiro atoms. The molecule has 0 atom stereocenters. The number of hydrogen-bond donors (Lipinski definition) is 2. The van der Waals surface area contributed by atoms with Crippen LogP contribution < -0.4 is 5.32 Å². The van der Waals surface area contributed by atoms with E-state index in [-0.39, 0.29) is 31.1 Å². The fourth-order valence-electron chi connectivity index (χ4n) is 3.98. The quantitative estimate of drug-likeness (QED) is 0.552. The normalized spacial score (nSPS) is 12.4. The van der Waals surface area contributed by atoms with Gasteiger partial charge in [0.15, 0.2) is 0 Å². The second-order valence-electron chi connectivity index (χ2n) is 7.54. The SMILES string of the molecule is O=C(O)Cc1ccc(F)c(C=CCNC(=O)OCC2c3ccccc3-c3ccccc32)c1. The van der Waals surface area contributed by atoms with Crippen LogP contribution in [0.3, 0.4) is 0 Å².